The fourth-order valence-electron chi connectivity index (χ4n) is 1.81. The van der Waals surface area contributed by atoms with E-state index < -0.39 is 11.7 Å². The number of hydrogen-bond donors (Lipinski definition) is 2. The molecular formula is C14H13BrF3N3. The van der Waals surface area contributed by atoms with E-state index in [4.69, 9.17) is 5.73 Å². The van der Waals surface area contributed by atoms with Crippen LogP contribution in [0.15, 0.2) is 41.0 Å². The Morgan fingerprint density at radius 3 is 2.43 bits per heavy atom. The SMILES string of the molecule is NCCc1ccc(Nc2ncc(Br)cc2C(F)(F)F)cc1. The van der Waals surface area contributed by atoms with Crippen molar-refractivity contribution in [2.24, 2.45) is 5.73 Å². The predicted octanol–water partition coefficient (Wildman–Crippen LogP) is 4.11. The normalized spacial score (nSPS) is 11.5. The van der Waals surface area contributed by atoms with Crippen LogP contribution in [0.5, 0.6) is 0 Å². The lowest BCUT2D eigenvalue weighted by Crippen LogP contribution is -2.10. The number of alkyl halides is 3. The van der Waals surface area contributed by atoms with E-state index in [1.54, 1.807) is 12.1 Å². The molecule has 0 bridgehead atoms. The van der Waals surface area contributed by atoms with Gasteiger partial charge in [0, 0.05) is 16.4 Å². The molecule has 0 aliphatic rings. The van der Waals surface area contributed by atoms with Gasteiger partial charge >= 0.3 is 6.18 Å². The molecule has 0 amide bonds. The number of halogens is 4. The van der Waals surface area contributed by atoms with Crippen LogP contribution in [0.2, 0.25) is 0 Å². The van der Waals surface area contributed by atoms with Crippen LogP contribution < -0.4 is 11.1 Å². The molecule has 0 fully saturated rings. The summed E-state index contributed by atoms with van der Waals surface area (Å²) in [6, 6.07) is 8.05. The molecule has 7 heteroatoms. The minimum atomic E-state index is -4.47. The summed E-state index contributed by atoms with van der Waals surface area (Å²) in [7, 11) is 0. The Kier molecular flexibility index (Phi) is 4.84. The Balaban J connectivity index is 2.27. The minimum absolute atomic E-state index is 0.225. The number of nitrogens with zero attached hydrogens (tertiary/aromatic N) is 1. The first-order valence-corrected chi connectivity index (χ1v) is 6.98. The van der Waals surface area contributed by atoms with Crippen molar-refractivity contribution in [3.63, 3.8) is 0 Å². The Morgan fingerprint density at radius 1 is 1.19 bits per heavy atom. The van der Waals surface area contributed by atoms with Crippen LogP contribution in [0, 0.1) is 0 Å². The zero-order valence-corrected chi connectivity index (χ0v) is 12.5. The second-order valence-electron chi connectivity index (χ2n) is 4.41. The minimum Gasteiger partial charge on any atom is -0.340 e. The zero-order chi connectivity index (χ0) is 15.5. The summed E-state index contributed by atoms with van der Waals surface area (Å²) in [5, 5.41) is 2.69. The van der Waals surface area contributed by atoms with Gasteiger partial charge in [-0.15, -0.1) is 0 Å². The highest BCUT2D eigenvalue weighted by molar-refractivity contribution is 9.10. The van der Waals surface area contributed by atoms with Crippen molar-refractivity contribution < 1.29 is 13.2 Å². The van der Waals surface area contributed by atoms with E-state index in [0.717, 1.165) is 18.1 Å². The Labute approximate surface area is 128 Å². The molecule has 0 atom stereocenters. The summed E-state index contributed by atoms with van der Waals surface area (Å²) in [5.74, 6) is -0.225. The number of aromatic nitrogens is 1. The third kappa shape index (κ3) is 4.18. The van der Waals surface area contributed by atoms with Crippen LogP contribution in [0.25, 0.3) is 0 Å². The Morgan fingerprint density at radius 2 is 1.86 bits per heavy atom. The molecule has 21 heavy (non-hydrogen) atoms. The molecule has 0 saturated carbocycles. The number of benzene rings is 1. The maximum absolute atomic E-state index is 13.0. The first-order chi connectivity index (χ1) is 9.90. The van der Waals surface area contributed by atoms with Crippen molar-refractivity contribution >= 4 is 27.4 Å². The molecule has 3 nitrogen and oxygen atoms in total. The van der Waals surface area contributed by atoms with Crippen molar-refractivity contribution in [3.8, 4) is 0 Å². The maximum Gasteiger partial charge on any atom is 0.420 e. The monoisotopic (exact) mass is 359 g/mol. The van der Waals surface area contributed by atoms with Gasteiger partial charge in [-0.2, -0.15) is 13.2 Å². The van der Waals surface area contributed by atoms with Crippen LogP contribution in [0.1, 0.15) is 11.1 Å². The summed E-state index contributed by atoms with van der Waals surface area (Å²) < 4.78 is 39.2. The van der Waals surface area contributed by atoms with Gasteiger partial charge in [0.1, 0.15) is 5.82 Å². The van der Waals surface area contributed by atoms with Crippen LogP contribution >= 0.6 is 15.9 Å². The second kappa shape index (κ2) is 6.44. The van der Waals surface area contributed by atoms with Gasteiger partial charge in [0.05, 0.1) is 5.56 Å². The van der Waals surface area contributed by atoms with Crippen LogP contribution in [-0.4, -0.2) is 11.5 Å². The van der Waals surface area contributed by atoms with E-state index >= 15 is 0 Å². The Hall–Kier alpha value is -1.60. The second-order valence-corrected chi connectivity index (χ2v) is 5.32. The topological polar surface area (TPSA) is 50.9 Å². The average Bonchev–Trinajstić information content (AvgIpc) is 2.42. The molecule has 0 aliphatic carbocycles. The smallest absolute Gasteiger partial charge is 0.340 e. The Bertz CT molecular complexity index is 612. The van der Waals surface area contributed by atoms with E-state index in [1.165, 1.54) is 6.20 Å². The van der Waals surface area contributed by atoms with Crippen molar-refractivity contribution in [1.29, 1.82) is 0 Å². The van der Waals surface area contributed by atoms with E-state index in [0.29, 0.717) is 12.2 Å². The molecule has 3 N–H and O–H groups in total. The van der Waals surface area contributed by atoms with Crippen LogP contribution in [0.4, 0.5) is 24.7 Å². The van der Waals surface area contributed by atoms with Crippen molar-refractivity contribution in [1.82, 2.24) is 4.98 Å². The molecule has 0 saturated heterocycles. The molecule has 0 radical (unpaired) electrons. The third-order valence-corrected chi connectivity index (χ3v) is 3.24. The quantitative estimate of drug-likeness (QED) is 0.863. The number of pyridine rings is 1. The van der Waals surface area contributed by atoms with Crippen molar-refractivity contribution in [2.75, 3.05) is 11.9 Å². The molecule has 1 aromatic heterocycles. The van der Waals surface area contributed by atoms with Gasteiger partial charge in [0.15, 0.2) is 0 Å². The van der Waals surface area contributed by atoms with Crippen LogP contribution in [-0.2, 0) is 12.6 Å². The summed E-state index contributed by atoms with van der Waals surface area (Å²) in [5.41, 5.74) is 6.20. The maximum atomic E-state index is 13.0. The van der Waals surface area contributed by atoms with Crippen LogP contribution in [0.3, 0.4) is 0 Å². The fourth-order valence-corrected chi connectivity index (χ4v) is 2.14. The zero-order valence-electron chi connectivity index (χ0n) is 10.9. The largest absolute Gasteiger partial charge is 0.420 e. The van der Waals surface area contributed by atoms with Gasteiger partial charge in [-0.05, 0) is 52.7 Å². The molecule has 2 aromatic rings. The van der Waals surface area contributed by atoms with Gasteiger partial charge in [-0.25, -0.2) is 4.98 Å². The van der Waals surface area contributed by atoms with Gasteiger partial charge in [-0.3, -0.25) is 0 Å². The molecular weight excluding hydrogens is 347 g/mol. The summed E-state index contributed by atoms with van der Waals surface area (Å²) in [6.45, 7) is 0.527. The number of nitrogens with two attached hydrogens (primary N) is 1. The lowest BCUT2D eigenvalue weighted by Gasteiger charge is -2.14. The molecule has 0 aliphatic heterocycles. The number of nitrogens with one attached hydrogen (secondary N) is 1. The van der Waals surface area contributed by atoms with E-state index in [-0.39, 0.29) is 10.3 Å². The fraction of sp³-hybridized carbons (Fsp3) is 0.214. The summed E-state index contributed by atoms with van der Waals surface area (Å²) in [6.07, 6.45) is -2.43. The number of rotatable bonds is 4. The summed E-state index contributed by atoms with van der Waals surface area (Å²) in [4.78, 5) is 3.80. The average molecular weight is 360 g/mol. The van der Waals surface area contributed by atoms with E-state index in [1.807, 2.05) is 12.1 Å². The highest BCUT2D eigenvalue weighted by Gasteiger charge is 2.34. The molecule has 0 unspecified atom stereocenters. The lowest BCUT2D eigenvalue weighted by molar-refractivity contribution is -0.137. The number of hydrogen-bond acceptors (Lipinski definition) is 3. The predicted molar refractivity (Wildman–Crippen MR) is 79.4 cm³/mol. The van der Waals surface area contributed by atoms with Gasteiger partial charge in [0.25, 0.3) is 0 Å². The highest BCUT2D eigenvalue weighted by atomic mass is 79.9. The summed E-state index contributed by atoms with van der Waals surface area (Å²) >= 11 is 3.00. The third-order valence-electron chi connectivity index (χ3n) is 2.81. The van der Waals surface area contributed by atoms with Gasteiger partial charge in [-0.1, -0.05) is 12.1 Å². The lowest BCUT2D eigenvalue weighted by atomic mass is 10.1. The molecule has 2 rings (SSSR count). The molecule has 0 spiro atoms. The van der Waals surface area contributed by atoms with Gasteiger partial charge < -0.3 is 11.1 Å². The first kappa shape index (κ1) is 15.8. The first-order valence-electron chi connectivity index (χ1n) is 6.19. The van der Waals surface area contributed by atoms with Crippen molar-refractivity contribution in [2.45, 2.75) is 12.6 Å². The van der Waals surface area contributed by atoms with E-state index in [9.17, 15) is 13.2 Å². The number of anilines is 2. The highest BCUT2D eigenvalue weighted by Crippen LogP contribution is 2.36. The molecule has 112 valence electrons. The van der Waals surface area contributed by atoms with Crippen molar-refractivity contribution in [3.05, 3.63) is 52.1 Å². The molecule has 1 aromatic carbocycles. The standard InChI is InChI=1S/C14H13BrF3N3/c15-10-7-12(14(16,17)18)13(20-8-10)21-11-3-1-9(2-4-11)5-6-19/h1-4,7-8H,5-6,19H2,(H,20,21). The molecule has 1 heterocycles. The van der Waals surface area contributed by atoms with E-state index in [2.05, 4.69) is 26.2 Å². The van der Waals surface area contributed by atoms with Gasteiger partial charge in [0.2, 0.25) is 0 Å².